The minimum absolute atomic E-state index is 0.0343. The van der Waals surface area contributed by atoms with E-state index >= 15 is 0 Å². The molecule has 12 heteroatoms. The van der Waals surface area contributed by atoms with Gasteiger partial charge in [0.15, 0.2) is 5.82 Å². The highest BCUT2D eigenvalue weighted by Crippen LogP contribution is 2.40. The van der Waals surface area contributed by atoms with E-state index in [0.717, 1.165) is 64.6 Å². The van der Waals surface area contributed by atoms with Crippen LogP contribution in [0.3, 0.4) is 0 Å². The number of rotatable bonds is 13. The van der Waals surface area contributed by atoms with Crippen LogP contribution in [0.5, 0.6) is 0 Å². The van der Waals surface area contributed by atoms with Crippen LogP contribution in [0.25, 0.3) is 37.2 Å². The van der Waals surface area contributed by atoms with Gasteiger partial charge in [-0.1, -0.05) is 48.4 Å². The normalized spacial score (nSPS) is 13.7. The van der Waals surface area contributed by atoms with Crippen LogP contribution in [-0.4, -0.2) is 43.4 Å². The fourth-order valence-corrected chi connectivity index (χ4v) is 10.1. The summed E-state index contributed by atoms with van der Waals surface area (Å²) in [6.07, 6.45) is 2.94. The number of nitrogens with one attached hydrogen (secondary N) is 2. The first-order valence-corrected chi connectivity index (χ1v) is 21.7. The number of hydrogen-bond donors (Lipinski definition) is 2. The fraction of sp³-hybridized carbons (Fsp3) is 0.311. The Morgan fingerprint density at radius 3 is 2.42 bits per heavy atom. The second-order valence-electron chi connectivity index (χ2n) is 14.9. The lowest BCUT2D eigenvalue weighted by Gasteiger charge is -2.13. The van der Waals surface area contributed by atoms with E-state index < -0.39 is 6.04 Å². The first-order chi connectivity index (χ1) is 27.6. The van der Waals surface area contributed by atoms with Gasteiger partial charge < -0.3 is 15.2 Å². The third-order valence-corrected chi connectivity index (χ3v) is 13.4. The number of amides is 2. The quantitative estimate of drug-likeness (QED) is 0.113. The van der Waals surface area contributed by atoms with E-state index in [1.54, 1.807) is 22.7 Å². The van der Waals surface area contributed by atoms with Crippen molar-refractivity contribution in [3.8, 4) is 15.4 Å². The molecule has 1 aliphatic heterocycles. The lowest BCUT2D eigenvalue weighted by atomic mass is 9.99. The van der Waals surface area contributed by atoms with Crippen molar-refractivity contribution >= 4 is 73.6 Å². The van der Waals surface area contributed by atoms with E-state index in [4.69, 9.17) is 16.6 Å². The Morgan fingerprint density at radius 2 is 1.65 bits per heavy atom. The van der Waals surface area contributed by atoms with Gasteiger partial charge in [0.25, 0.3) is 0 Å². The van der Waals surface area contributed by atoms with Gasteiger partial charge in [-0.3, -0.25) is 19.1 Å². The van der Waals surface area contributed by atoms with Gasteiger partial charge in [-0.25, -0.2) is 0 Å². The molecule has 1 atom stereocenters. The molecule has 0 fully saturated rings. The first kappa shape index (κ1) is 38.8. The molecule has 4 aromatic heterocycles. The molecule has 8 rings (SSSR count). The fourth-order valence-electron chi connectivity index (χ4n) is 7.82. The molecule has 0 saturated heterocycles. The smallest absolute Gasteiger partial charge is 0.222 e. The highest BCUT2D eigenvalue weighted by Gasteiger charge is 2.32. The Kier molecular flexibility index (Phi) is 11.2. The van der Waals surface area contributed by atoms with Crippen molar-refractivity contribution in [3.05, 3.63) is 121 Å². The lowest BCUT2D eigenvalue weighted by Crippen LogP contribution is -2.26. The van der Waals surface area contributed by atoms with Crippen LogP contribution >= 0.6 is 34.3 Å². The molecule has 0 aliphatic carbocycles. The van der Waals surface area contributed by atoms with Crippen molar-refractivity contribution in [2.24, 2.45) is 4.99 Å². The molecule has 3 aromatic carbocycles. The first-order valence-electron chi connectivity index (χ1n) is 19.6. The number of aryl methyl sites for hydroxylation is 4. The summed E-state index contributed by atoms with van der Waals surface area (Å²) in [5.41, 5.74) is 10.0. The summed E-state index contributed by atoms with van der Waals surface area (Å²) < 4.78 is 4.43. The molecule has 1 aliphatic rings. The van der Waals surface area contributed by atoms with Crippen LogP contribution in [0.4, 0.5) is 0 Å². The van der Waals surface area contributed by atoms with Gasteiger partial charge in [-0.15, -0.1) is 32.9 Å². The number of nitrogens with zero attached hydrogens (tertiary/aromatic N) is 5. The summed E-state index contributed by atoms with van der Waals surface area (Å²) in [5, 5.41) is 21.4. The van der Waals surface area contributed by atoms with E-state index in [1.807, 2.05) is 31.2 Å². The third kappa shape index (κ3) is 7.80. The minimum atomic E-state index is -0.514. The van der Waals surface area contributed by atoms with E-state index in [-0.39, 0.29) is 18.2 Å². The maximum Gasteiger partial charge on any atom is 0.222 e. The summed E-state index contributed by atoms with van der Waals surface area (Å²) in [5.74, 6) is 1.35. The number of fused-ring (bicyclic) bond motifs is 6. The standard InChI is InChI=1S/C45H46ClN7O2S2/c1-6-52-37-18-11-30(21-35(37)34-17-14-32(22-38(34)52)39-20-26(2)25-56-39)24-48-40(54)10-8-7-9-19-47-41(55)23-36-44-51-50-29(5)53(44)45-42(27(3)28(4)57-45)43(49-36)31-12-15-33(46)16-13-31/h11-18,20-22,25,36H,6-10,19,23-24H2,1-5H3,(H,47,55)(H,48,54)/t36-/m0/s1. The van der Waals surface area contributed by atoms with Crippen LogP contribution in [-0.2, 0) is 22.7 Å². The summed E-state index contributed by atoms with van der Waals surface area (Å²) in [6, 6.07) is 22.7. The van der Waals surface area contributed by atoms with Crippen LogP contribution in [0, 0.1) is 27.7 Å². The zero-order chi connectivity index (χ0) is 39.8. The molecule has 2 N–H and O–H groups in total. The van der Waals surface area contributed by atoms with E-state index in [9.17, 15) is 9.59 Å². The van der Waals surface area contributed by atoms with Crippen molar-refractivity contribution < 1.29 is 9.59 Å². The Labute approximate surface area is 345 Å². The number of benzene rings is 3. The minimum Gasteiger partial charge on any atom is -0.356 e. The predicted octanol–water partition coefficient (Wildman–Crippen LogP) is 10.3. The lowest BCUT2D eigenvalue weighted by molar-refractivity contribution is -0.122. The Morgan fingerprint density at radius 1 is 0.842 bits per heavy atom. The molecule has 9 nitrogen and oxygen atoms in total. The molecule has 57 heavy (non-hydrogen) atoms. The van der Waals surface area contributed by atoms with E-state index in [1.165, 1.54) is 42.7 Å². The van der Waals surface area contributed by atoms with Gasteiger partial charge in [0.05, 0.1) is 12.1 Å². The number of halogens is 1. The van der Waals surface area contributed by atoms with E-state index in [2.05, 4.69) is 106 Å². The van der Waals surface area contributed by atoms with E-state index in [0.29, 0.717) is 30.4 Å². The molecule has 0 spiro atoms. The van der Waals surface area contributed by atoms with Gasteiger partial charge in [0.2, 0.25) is 11.8 Å². The van der Waals surface area contributed by atoms with Gasteiger partial charge >= 0.3 is 0 Å². The van der Waals surface area contributed by atoms with Crippen molar-refractivity contribution in [1.29, 1.82) is 0 Å². The average Bonchev–Trinajstić information content (AvgIpc) is 3.95. The van der Waals surface area contributed by atoms with Crippen molar-refractivity contribution in [3.63, 3.8) is 0 Å². The maximum atomic E-state index is 13.4. The molecule has 0 saturated carbocycles. The van der Waals surface area contributed by atoms with Crippen molar-refractivity contribution in [2.75, 3.05) is 6.54 Å². The van der Waals surface area contributed by atoms with Crippen LogP contribution in [0.1, 0.15) is 89.4 Å². The number of aromatic nitrogens is 4. The van der Waals surface area contributed by atoms with Crippen LogP contribution < -0.4 is 10.6 Å². The molecule has 0 unspecified atom stereocenters. The predicted molar refractivity (Wildman–Crippen MR) is 234 cm³/mol. The second-order valence-corrected chi connectivity index (χ2v) is 17.4. The molecule has 0 radical (unpaired) electrons. The van der Waals surface area contributed by atoms with Crippen LogP contribution in [0.2, 0.25) is 5.02 Å². The largest absolute Gasteiger partial charge is 0.356 e. The highest BCUT2D eigenvalue weighted by molar-refractivity contribution is 7.15. The zero-order valence-electron chi connectivity index (χ0n) is 32.9. The summed E-state index contributed by atoms with van der Waals surface area (Å²) >= 11 is 9.71. The monoisotopic (exact) mass is 815 g/mol. The number of hydrogen-bond acceptors (Lipinski definition) is 7. The second kappa shape index (κ2) is 16.4. The SMILES string of the molecule is CCn1c2ccc(CNC(=O)CCCCCNC(=O)C[C@@H]3N=C(c4ccc(Cl)cc4)c4c(sc(C)c4C)-n4c(C)nnc43)cc2c2ccc(-c3cc(C)cs3)cc21. The summed E-state index contributed by atoms with van der Waals surface area (Å²) in [6.45, 7) is 12.4. The Bertz CT molecular complexity index is 2670. The van der Waals surface area contributed by atoms with Gasteiger partial charge in [0, 0.05) is 73.8 Å². The summed E-state index contributed by atoms with van der Waals surface area (Å²) in [4.78, 5) is 33.9. The molecule has 0 bridgehead atoms. The highest BCUT2D eigenvalue weighted by atomic mass is 35.5. The van der Waals surface area contributed by atoms with Crippen molar-refractivity contribution in [1.82, 2.24) is 30.0 Å². The topological polar surface area (TPSA) is 106 Å². The third-order valence-electron chi connectivity index (χ3n) is 10.9. The van der Waals surface area contributed by atoms with Crippen LogP contribution in [0.15, 0.2) is 77.1 Å². The van der Waals surface area contributed by atoms with Gasteiger partial charge in [0.1, 0.15) is 16.9 Å². The maximum absolute atomic E-state index is 13.4. The van der Waals surface area contributed by atoms with Gasteiger partial charge in [-0.05, 0) is 111 Å². The number of unbranched alkanes of at least 4 members (excludes halogenated alkanes) is 2. The molecule has 5 heterocycles. The zero-order valence-corrected chi connectivity index (χ0v) is 35.3. The number of thiophene rings is 2. The summed E-state index contributed by atoms with van der Waals surface area (Å²) in [7, 11) is 0. The van der Waals surface area contributed by atoms with Gasteiger partial charge in [-0.2, -0.15) is 0 Å². The molecular formula is C45H46ClN7O2S2. The number of aliphatic imine (C=N–C) groups is 1. The number of carbonyl (C=O) groups is 2. The Balaban J connectivity index is 0.841. The molecule has 2 amide bonds. The average molecular weight is 816 g/mol. The number of carbonyl (C=O) groups excluding carboxylic acids is 2. The molecular weight excluding hydrogens is 770 g/mol. The Hall–Kier alpha value is -5.10. The molecule has 7 aromatic rings. The van der Waals surface area contributed by atoms with Crippen molar-refractivity contribution in [2.45, 2.75) is 85.9 Å². The molecule has 292 valence electrons.